The Morgan fingerprint density at radius 3 is 2.23 bits per heavy atom. The van der Waals surface area contributed by atoms with E-state index in [0.717, 1.165) is 86.2 Å². The van der Waals surface area contributed by atoms with Crippen LogP contribution in [-0.2, 0) is 24.2 Å². The molecule has 5 aromatic carbocycles. The van der Waals surface area contributed by atoms with Gasteiger partial charge in [-0.15, -0.1) is 0 Å². The Morgan fingerprint density at radius 1 is 0.750 bits per heavy atom. The fourth-order valence-electron chi connectivity index (χ4n) is 9.12. The number of Topliss-reactive ketones (excluding diaryl/α,β-unsaturated/α-hetero) is 1. The molecule has 0 saturated carbocycles. The molecule has 2 atom stereocenters. The number of nitrogens with one attached hydrogen (secondary N) is 1. The lowest BCUT2D eigenvalue weighted by molar-refractivity contribution is -0.133. The lowest BCUT2D eigenvalue weighted by Crippen LogP contribution is -2.49. The van der Waals surface area contributed by atoms with E-state index < -0.39 is 0 Å². The maximum atomic E-state index is 14.7. The second kappa shape index (κ2) is 16.8. The van der Waals surface area contributed by atoms with Gasteiger partial charge in [0.15, 0.2) is 5.78 Å². The van der Waals surface area contributed by atoms with Gasteiger partial charge in [0.2, 0.25) is 5.91 Å². The van der Waals surface area contributed by atoms with Crippen LogP contribution < -0.4 is 16.8 Å². The third kappa shape index (κ3) is 7.69. The lowest BCUT2D eigenvalue weighted by Gasteiger charge is -2.37. The van der Waals surface area contributed by atoms with Crippen molar-refractivity contribution in [1.82, 2.24) is 9.80 Å². The number of anilines is 1. The second-order valence-electron chi connectivity index (χ2n) is 15.5. The van der Waals surface area contributed by atoms with Crippen LogP contribution in [0.4, 0.5) is 5.69 Å². The maximum Gasteiger partial charge on any atom is 0.256 e. The molecule has 8 rings (SSSR count). The van der Waals surface area contributed by atoms with Crippen LogP contribution in [0.25, 0.3) is 22.3 Å². The third-order valence-corrected chi connectivity index (χ3v) is 12.1. The van der Waals surface area contributed by atoms with Gasteiger partial charge in [0.25, 0.3) is 5.91 Å². The van der Waals surface area contributed by atoms with E-state index in [9.17, 15) is 14.4 Å². The Hall–Kier alpha value is -5.41. The Morgan fingerprint density at radius 2 is 1.48 bits per heavy atom. The Labute approximate surface area is 329 Å². The zero-order valence-corrected chi connectivity index (χ0v) is 32.0. The monoisotopic (exact) mass is 745 g/mol. The standard InChI is InChI=1S/C48H51N5O3/c49-23-6-24-52-25-27-53(28-26-52)45(54)30-36-8-5-12-41-40(36)21-22-42-39-10-2-1-7-35(39)29-44(46(41)42)47(55)34-17-19-37(20-18-34)51-48(56)43-11-4-3-9-38(43)33-15-13-32(31-50)14-16-33/h1-4,7,9-11,13-22,36,44H,5-6,8,12,23-31,49-50H2,(H,51,56). The lowest BCUT2D eigenvalue weighted by atomic mass is 9.69. The average molecular weight is 746 g/mol. The smallest absolute Gasteiger partial charge is 0.256 e. The first-order chi connectivity index (χ1) is 27.4. The molecule has 0 spiro atoms. The van der Waals surface area contributed by atoms with Gasteiger partial charge in [-0.1, -0.05) is 78.9 Å². The SMILES string of the molecule is NCCCN1CCN(C(=O)CC2CCCc3c2ccc2c3C(C(=O)c3ccc(NC(=O)c4ccccc4-c4ccc(CN)cc4)cc3)Cc3ccccc3-2)CC1. The van der Waals surface area contributed by atoms with Crippen molar-refractivity contribution < 1.29 is 14.4 Å². The number of fused-ring (bicyclic) bond motifs is 5. The first-order valence-corrected chi connectivity index (χ1v) is 20.2. The zero-order chi connectivity index (χ0) is 38.6. The molecule has 2 amide bonds. The Kier molecular flexibility index (Phi) is 11.2. The first-order valence-electron chi connectivity index (χ1n) is 20.2. The Balaban J connectivity index is 1.02. The van der Waals surface area contributed by atoms with Crippen LogP contribution in [0, 0.1) is 0 Å². The number of hydrogen-bond donors (Lipinski definition) is 3. The number of carbonyl (C=O) groups is 3. The largest absolute Gasteiger partial charge is 0.340 e. The van der Waals surface area contributed by atoms with Crippen LogP contribution in [-0.4, -0.2) is 66.7 Å². The van der Waals surface area contributed by atoms with Gasteiger partial charge in [-0.2, -0.15) is 0 Å². The van der Waals surface area contributed by atoms with Crippen LogP contribution in [0.1, 0.15) is 86.1 Å². The predicted molar refractivity (Wildman–Crippen MR) is 224 cm³/mol. The van der Waals surface area contributed by atoms with Gasteiger partial charge in [0.1, 0.15) is 0 Å². The summed E-state index contributed by atoms with van der Waals surface area (Å²) in [6, 6.07) is 35.7. The van der Waals surface area contributed by atoms with E-state index in [-0.39, 0.29) is 29.4 Å². The van der Waals surface area contributed by atoms with Crippen LogP contribution >= 0.6 is 0 Å². The fraction of sp³-hybridized carbons (Fsp3) is 0.312. The molecule has 2 aliphatic carbocycles. The number of carbonyl (C=O) groups excluding carboxylic acids is 3. The molecule has 8 nitrogen and oxygen atoms in total. The minimum absolute atomic E-state index is 0.0732. The summed E-state index contributed by atoms with van der Waals surface area (Å²) in [6.07, 6.45) is 4.98. The van der Waals surface area contributed by atoms with Crippen molar-refractivity contribution in [2.75, 3.05) is 44.6 Å². The molecule has 0 bridgehead atoms. The minimum Gasteiger partial charge on any atom is -0.340 e. The van der Waals surface area contributed by atoms with Crippen molar-refractivity contribution in [3.8, 4) is 22.3 Å². The summed E-state index contributed by atoms with van der Waals surface area (Å²) < 4.78 is 0. The molecule has 0 radical (unpaired) electrons. The van der Waals surface area contributed by atoms with Gasteiger partial charge in [-0.25, -0.2) is 0 Å². The number of hydrogen-bond acceptors (Lipinski definition) is 6. The molecule has 5 aromatic rings. The molecular weight excluding hydrogens is 695 g/mol. The van der Waals surface area contributed by atoms with E-state index in [1.807, 2.05) is 83.8 Å². The molecule has 8 heteroatoms. The van der Waals surface area contributed by atoms with Gasteiger partial charge in [-0.05, 0) is 132 Å². The van der Waals surface area contributed by atoms with E-state index in [0.29, 0.717) is 42.7 Å². The van der Waals surface area contributed by atoms with Crippen molar-refractivity contribution in [3.05, 3.63) is 148 Å². The number of nitrogens with two attached hydrogens (primary N) is 2. The number of rotatable bonds is 11. The van der Waals surface area contributed by atoms with E-state index in [4.69, 9.17) is 11.5 Å². The number of benzene rings is 5. The average Bonchev–Trinajstić information content (AvgIpc) is 3.25. The summed E-state index contributed by atoms with van der Waals surface area (Å²) in [5.74, 6) is -0.121. The molecular formula is C48H51N5O3. The highest BCUT2D eigenvalue weighted by Crippen LogP contribution is 2.47. The molecule has 286 valence electrons. The first kappa shape index (κ1) is 37.5. The molecule has 1 saturated heterocycles. The summed E-state index contributed by atoms with van der Waals surface area (Å²) in [6.45, 7) is 5.47. The van der Waals surface area contributed by atoms with Gasteiger partial charge in [-0.3, -0.25) is 19.3 Å². The van der Waals surface area contributed by atoms with Crippen LogP contribution in [0.15, 0.2) is 109 Å². The van der Waals surface area contributed by atoms with Crippen molar-refractivity contribution in [2.45, 2.75) is 56.9 Å². The second-order valence-corrected chi connectivity index (χ2v) is 15.5. The van der Waals surface area contributed by atoms with Crippen LogP contribution in [0.3, 0.4) is 0 Å². The summed E-state index contributed by atoms with van der Waals surface area (Å²) in [4.78, 5) is 46.4. The van der Waals surface area contributed by atoms with Gasteiger partial charge >= 0.3 is 0 Å². The topological polar surface area (TPSA) is 122 Å². The third-order valence-electron chi connectivity index (χ3n) is 12.1. The molecule has 56 heavy (non-hydrogen) atoms. The van der Waals surface area contributed by atoms with E-state index in [1.54, 1.807) is 0 Å². The Bertz CT molecular complexity index is 2220. The molecule has 0 aromatic heterocycles. The maximum absolute atomic E-state index is 14.7. The predicted octanol–water partition coefficient (Wildman–Crippen LogP) is 7.56. The van der Waals surface area contributed by atoms with E-state index in [1.165, 1.54) is 22.3 Å². The van der Waals surface area contributed by atoms with E-state index in [2.05, 4.69) is 40.5 Å². The normalized spacial score (nSPS) is 17.7. The zero-order valence-electron chi connectivity index (χ0n) is 32.0. The van der Waals surface area contributed by atoms with Crippen molar-refractivity contribution in [2.24, 2.45) is 11.5 Å². The van der Waals surface area contributed by atoms with Crippen molar-refractivity contribution in [1.29, 1.82) is 0 Å². The van der Waals surface area contributed by atoms with Crippen molar-refractivity contribution >= 4 is 23.3 Å². The van der Waals surface area contributed by atoms with Gasteiger partial charge in [0.05, 0.1) is 5.92 Å². The summed E-state index contributed by atoms with van der Waals surface area (Å²) in [5.41, 5.74) is 23.2. The molecule has 1 heterocycles. The van der Waals surface area contributed by atoms with Crippen LogP contribution in [0.5, 0.6) is 0 Å². The highest BCUT2D eigenvalue weighted by atomic mass is 16.2. The number of amides is 2. The molecule has 1 aliphatic heterocycles. The highest BCUT2D eigenvalue weighted by molar-refractivity contribution is 6.09. The highest BCUT2D eigenvalue weighted by Gasteiger charge is 2.36. The summed E-state index contributed by atoms with van der Waals surface area (Å²) >= 11 is 0. The van der Waals surface area contributed by atoms with Gasteiger partial charge in [0, 0.05) is 56.0 Å². The van der Waals surface area contributed by atoms with E-state index >= 15 is 0 Å². The molecule has 1 fully saturated rings. The number of nitrogens with zero attached hydrogens (tertiary/aromatic N) is 2. The molecule has 2 unspecified atom stereocenters. The number of ketones is 1. The van der Waals surface area contributed by atoms with Gasteiger partial charge < -0.3 is 21.7 Å². The quantitative estimate of drug-likeness (QED) is 0.120. The fourth-order valence-corrected chi connectivity index (χ4v) is 9.12. The minimum atomic E-state index is -0.344. The summed E-state index contributed by atoms with van der Waals surface area (Å²) in [7, 11) is 0. The molecule has 3 aliphatic rings. The van der Waals surface area contributed by atoms with Crippen molar-refractivity contribution in [3.63, 3.8) is 0 Å². The summed E-state index contributed by atoms with van der Waals surface area (Å²) in [5, 5.41) is 3.05. The molecule has 5 N–H and O–H groups in total. The van der Waals surface area contributed by atoms with Crippen LogP contribution in [0.2, 0.25) is 0 Å². The number of piperazine rings is 1.